The van der Waals surface area contributed by atoms with Crippen LogP contribution in [0.3, 0.4) is 0 Å². The Balaban J connectivity index is 0. The second-order valence-electron chi connectivity index (χ2n) is 6.46. The molecular formula is C24H12O12Sb2. The molecule has 3 aromatic rings. The van der Waals surface area contributed by atoms with Gasteiger partial charge in [-0.3, -0.25) is 0 Å². The molecule has 0 amide bonds. The normalized spacial score (nSPS) is 8.84. The summed E-state index contributed by atoms with van der Waals surface area (Å²) in [6.07, 6.45) is 0. The zero-order valence-electron chi connectivity index (χ0n) is 18.7. The van der Waals surface area contributed by atoms with Crippen LogP contribution < -0.4 is 30.6 Å². The second kappa shape index (κ2) is 17.6. The molecule has 38 heavy (non-hydrogen) atoms. The molecule has 0 spiro atoms. The maximum absolute atomic E-state index is 10.2. The van der Waals surface area contributed by atoms with Gasteiger partial charge in [0, 0.05) is 0 Å². The fraction of sp³-hybridized carbons (Fsp3) is 0. The van der Waals surface area contributed by atoms with Crippen molar-refractivity contribution in [2.45, 2.75) is 0 Å². The first-order valence-electron chi connectivity index (χ1n) is 9.41. The number of hydrogen-bond acceptors (Lipinski definition) is 12. The van der Waals surface area contributed by atoms with Crippen LogP contribution in [-0.4, -0.2) is 84.7 Å². The summed E-state index contributed by atoms with van der Waals surface area (Å²) in [6.45, 7) is 0. The summed E-state index contributed by atoms with van der Waals surface area (Å²) in [7, 11) is 0. The van der Waals surface area contributed by atoms with E-state index in [0.29, 0.717) is 0 Å². The van der Waals surface area contributed by atoms with Crippen molar-refractivity contribution < 1.29 is 59.4 Å². The number of rotatable bonds is 6. The maximum atomic E-state index is 10.2. The average molecular weight is 736 g/mol. The Morgan fingerprint density at radius 2 is 0.368 bits per heavy atom. The first kappa shape index (κ1) is 36.3. The maximum Gasteiger partial charge on any atom is 3.00 e. The summed E-state index contributed by atoms with van der Waals surface area (Å²) in [5.41, 5.74) is -0.333. The zero-order valence-corrected chi connectivity index (χ0v) is 23.8. The fourth-order valence-corrected chi connectivity index (χ4v) is 2.23. The Morgan fingerprint density at radius 1 is 0.289 bits per heavy atom. The summed E-state index contributed by atoms with van der Waals surface area (Å²) < 4.78 is 0. The molecule has 0 N–H and O–H groups in total. The van der Waals surface area contributed by atoms with E-state index in [1.807, 2.05) is 0 Å². The largest absolute Gasteiger partial charge is 3.00 e. The molecule has 3 rings (SSSR count). The molecule has 0 aliphatic heterocycles. The molecule has 0 unspecified atom stereocenters. The van der Waals surface area contributed by atoms with Crippen molar-refractivity contribution in [3.8, 4) is 0 Å². The van der Waals surface area contributed by atoms with E-state index in [0.717, 1.165) is 72.8 Å². The topological polar surface area (TPSA) is 241 Å². The molecule has 0 aliphatic carbocycles. The molecule has 0 heterocycles. The van der Waals surface area contributed by atoms with E-state index in [4.69, 9.17) is 0 Å². The number of carboxylic acids is 6. The molecule has 0 saturated carbocycles. The van der Waals surface area contributed by atoms with Gasteiger partial charge in [0.05, 0.1) is 35.8 Å². The number of carbonyl (C=O) groups excluding carboxylic acids is 6. The monoisotopic (exact) mass is 734 g/mol. The molecule has 14 heteroatoms. The smallest absolute Gasteiger partial charge is 0.545 e. The van der Waals surface area contributed by atoms with Crippen molar-refractivity contribution in [3.05, 3.63) is 106 Å². The predicted molar refractivity (Wildman–Crippen MR) is 117 cm³/mol. The summed E-state index contributed by atoms with van der Waals surface area (Å²) in [6, 6.07) is 13.8. The van der Waals surface area contributed by atoms with Gasteiger partial charge in [-0.25, -0.2) is 0 Å². The van der Waals surface area contributed by atoms with Gasteiger partial charge in [0.2, 0.25) is 0 Å². The third-order valence-corrected chi connectivity index (χ3v) is 4.07. The van der Waals surface area contributed by atoms with Crippen molar-refractivity contribution >= 4 is 84.7 Å². The molecule has 0 fully saturated rings. The van der Waals surface area contributed by atoms with Gasteiger partial charge in [0.1, 0.15) is 0 Å². The minimum absolute atomic E-state index is 0. The fourth-order valence-electron chi connectivity index (χ4n) is 2.23. The van der Waals surface area contributed by atoms with E-state index in [2.05, 4.69) is 0 Å². The molecule has 0 aromatic heterocycles. The first-order chi connectivity index (χ1) is 16.8. The van der Waals surface area contributed by atoms with E-state index >= 15 is 0 Å². The molecule has 4 radical (unpaired) electrons. The Labute approximate surface area is 249 Å². The molecule has 0 aliphatic rings. The van der Waals surface area contributed by atoms with Gasteiger partial charge in [-0.1, -0.05) is 72.8 Å². The van der Waals surface area contributed by atoms with E-state index in [1.54, 1.807) is 0 Å². The first-order valence-corrected chi connectivity index (χ1v) is 9.41. The van der Waals surface area contributed by atoms with Crippen LogP contribution in [0.1, 0.15) is 62.1 Å². The minimum atomic E-state index is -1.33. The van der Waals surface area contributed by atoms with E-state index in [9.17, 15) is 59.4 Å². The number of aromatic carboxylic acids is 6. The molecule has 0 atom stereocenters. The van der Waals surface area contributed by atoms with Gasteiger partial charge in [0.15, 0.2) is 0 Å². The Hall–Kier alpha value is -3.88. The summed E-state index contributed by atoms with van der Waals surface area (Å²) >= 11 is 0. The number of hydrogen-bond donors (Lipinski definition) is 0. The molecule has 190 valence electrons. The third-order valence-electron chi connectivity index (χ3n) is 4.07. The van der Waals surface area contributed by atoms with Crippen LogP contribution in [0.15, 0.2) is 72.8 Å². The average Bonchev–Trinajstić information content (AvgIpc) is 2.84. The van der Waals surface area contributed by atoms with Gasteiger partial charge in [-0.05, 0) is 33.4 Å². The standard InChI is InChI=1S/3C8H6O4.2Sb/c3*9-7(10)5-1-2-6(4-3-5)8(11)12;;/h3*1-4H,(H,9,10)(H,11,12);;/q;;;2*+3/p-6. The SMILES string of the molecule is O=C([O-])c1ccc(C(=O)[O-])cc1.O=C([O-])c1ccc(C(=O)[O-])cc1.O=C([O-])c1ccc(C(=O)[O-])cc1.[Sb+3].[Sb+3]. The Morgan fingerprint density at radius 3 is 0.421 bits per heavy atom. The summed E-state index contributed by atoms with van der Waals surface area (Å²) in [5.74, 6) is -8.00. The van der Waals surface area contributed by atoms with Crippen LogP contribution >= 0.6 is 0 Å². The van der Waals surface area contributed by atoms with Crippen molar-refractivity contribution in [2.24, 2.45) is 0 Å². The van der Waals surface area contributed by atoms with Crippen LogP contribution in [0, 0.1) is 0 Å². The van der Waals surface area contributed by atoms with Crippen LogP contribution in [0.5, 0.6) is 0 Å². The Kier molecular flexibility index (Phi) is 16.8. The van der Waals surface area contributed by atoms with Crippen LogP contribution in [0.4, 0.5) is 0 Å². The number of benzene rings is 3. The molecular weight excluding hydrogens is 724 g/mol. The van der Waals surface area contributed by atoms with Crippen molar-refractivity contribution in [3.63, 3.8) is 0 Å². The second-order valence-corrected chi connectivity index (χ2v) is 6.46. The summed E-state index contributed by atoms with van der Waals surface area (Å²) in [4.78, 5) is 61.2. The number of carboxylic acid groups (broad SMARTS) is 6. The van der Waals surface area contributed by atoms with Crippen molar-refractivity contribution in [1.82, 2.24) is 0 Å². The van der Waals surface area contributed by atoms with Crippen LogP contribution in [0.25, 0.3) is 0 Å². The van der Waals surface area contributed by atoms with Gasteiger partial charge in [-0.15, -0.1) is 0 Å². The van der Waals surface area contributed by atoms with Crippen molar-refractivity contribution in [1.29, 1.82) is 0 Å². The predicted octanol–water partition coefficient (Wildman–Crippen LogP) is -5.52. The minimum Gasteiger partial charge on any atom is -0.545 e. The molecule has 0 saturated heterocycles. The van der Waals surface area contributed by atoms with E-state index in [1.165, 1.54) is 0 Å². The van der Waals surface area contributed by atoms with Gasteiger partial charge in [-0.2, -0.15) is 0 Å². The van der Waals surface area contributed by atoms with Gasteiger partial charge in [0.25, 0.3) is 0 Å². The Bertz CT molecular complexity index is 1010. The zero-order chi connectivity index (χ0) is 27.4. The van der Waals surface area contributed by atoms with Crippen LogP contribution in [-0.2, 0) is 0 Å². The van der Waals surface area contributed by atoms with E-state index < -0.39 is 35.8 Å². The molecule has 12 nitrogen and oxygen atoms in total. The van der Waals surface area contributed by atoms with Gasteiger partial charge >= 0.3 is 48.9 Å². The molecule has 3 aromatic carbocycles. The third kappa shape index (κ3) is 12.4. The number of carbonyl (C=O) groups is 6. The van der Waals surface area contributed by atoms with Crippen molar-refractivity contribution in [2.75, 3.05) is 0 Å². The van der Waals surface area contributed by atoms with Gasteiger partial charge < -0.3 is 59.4 Å². The van der Waals surface area contributed by atoms with E-state index in [-0.39, 0.29) is 82.2 Å². The quantitative estimate of drug-likeness (QED) is 0.216. The summed E-state index contributed by atoms with van der Waals surface area (Å²) in [5, 5.41) is 61.2. The van der Waals surface area contributed by atoms with Crippen LogP contribution in [0.2, 0.25) is 0 Å². The molecule has 0 bridgehead atoms.